The minimum Gasteiger partial charge on any atom is -0.465 e. The Morgan fingerprint density at radius 2 is 1.90 bits per heavy atom. The Morgan fingerprint density at radius 1 is 1.80 bits per heavy atom. The van der Waals surface area contributed by atoms with Crippen molar-refractivity contribution in [2.75, 3.05) is 7.05 Å². The molecule has 0 aromatic carbocycles. The summed E-state index contributed by atoms with van der Waals surface area (Å²) in [6.45, 7) is 0. The van der Waals surface area contributed by atoms with Crippen LogP contribution in [0.1, 0.15) is 0 Å². The molecule has 0 aliphatic rings. The molecule has 0 heterocycles. The Kier molecular flexibility index (Phi) is 20.3. The first-order valence-corrected chi connectivity index (χ1v) is 2.69. The zero-order valence-electron chi connectivity index (χ0n) is 5.75. The van der Waals surface area contributed by atoms with E-state index in [0.29, 0.717) is 4.32 Å². The first-order valence-electron chi connectivity index (χ1n) is 1.87. The zero-order valence-corrected chi connectivity index (χ0v) is 9.38. The fraction of sp³-hybridized carbons (Fsp3) is 0.333. The van der Waals surface area contributed by atoms with Crippen molar-refractivity contribution in [2.45, 2.75) is 0 Å². The number of rotatable bonds is 0. The monoisotopic (exact) mass is 190 g/mol. The molecule has 0 unspecified atom stereocenters. The molecule has 0 atom stereocenters. The standard InChI is InChI=1S/C2H5NS2.CH3NO2.Na/c1-3-2(4)5;2-1(3)4;/h1H3,(H2,3,4,5);2H2,(H,3,4);/q;;+1/p-1. The van der Waals surface area contributed by atoms with Gasteiger partial charge < -0.3 is 41.0 Å². The van der Waals surface area contributed by atoms with Gasteiger partial charge in [0.25, 0.3) is 0 Å². The van der Waals surface area contributed by atoms with E-state index in [0.717, 1.165) is 0 Å². The van der Waals surface area contributed by atoms with Gasteiger partial charge in [0.15, 0.2) is 0 Å². The van der Waals surface area contributed by atoms with Gasteiger partial charge in [0.2, 0.25) is 0 Å². The summed E-state index contributed by atoms with van der Waals surface area (Å²) < 4.78 is 0.421. The molecule has 0 radical (unpaired) electrons. The molecule has 0 fully saturated rings. The number of hydrogen-bond acceptors (Lipinski definition) is 3. The van der Waals surface area contributed by atoms with Crippen LogP contribution in [0.25, 0.3) is 0 Å². The first-order chi connectivity index (χ1) is 4.00. The summed E-state index contributed by atoms with van der Waals surface area (Å²) in [5.74, 6) is 0. The van der Waals surface area contributed by atoms with Gasteiger partial charge in [0.05, 0.1) is 0 Å². The van der Waals surface area contributed by atoms with Crippen LogP contribution in [0.15, 0.2) is 0 Å². The van der Waals surface area contributed by atoms with E-state index < -0.39 is 6.09 Å². The van der Waals surface area contributed by atoms with E-state index in [1.807, 2.05) is 0 Å². The van der Waals surface area contributed by atoms with Gasteiger partial charge in [0.1, 0.15) is 0 Å². The fourth-order valence-corrected chi connectivity index (χ4v) is 0. The smallest absolute Gasteiger partial charge is 0.465 e. The van der Waals surface area contributed by atoms with Crippen LogP contribution < -0.4 is 40.6 Å². The van der Waals surface area contributed by atoms with Gasteiger partial charge in [-0.3, -0.25) is 0 Å². The molecule has 0 spiro atoms. The van der Waals surface area contributed by atoms with Gasteiger partial charge in [0, 0.05) is 7.05 Å². The minimum absolute atomic E-state index is 0. The van der Waals surface area contributed by atoms with Crippen LogP contribution in [0.2, 0.25) is 0 Å². The molecule has 0 rings (SSSR count). The van der Waals surface area contributed by atoms with Crippen molar-refractivity contribution in [3.63, 3.8) is 0 Å². The predicted octanol–water partition coefficient (Wildman–Crippen LogP) is -3.34. The number of primary amides is 1. The van der Waals surface area contributed by atoms with E-state index in [1.165, 1.54) is 0 Å². The average molecular weight is 190 g/mol. The summed E-state index contributed by atoms with van der Waals surface area (Å²) in [4.78, 5) is 8.78. The maximum Gasteiger partial charge on any atom is 1.00 e. The molecule has 0 saturated heterocycles. The molecule has 7 heteroatoms. The maximum atomic E-state index is 8.78. The number of carboxylic acid groups (broad SMARTS) is 1. The average Bonchev–Trinajstić information content (AvgIpc) is 1.65. The number of amides is 1. The van der Waals surface area contributed by atoms with Crippen LogP contribution in [-0.2, 0) is 12.6 Å². The van der Waals surface area contributed by atoms with E-state index in [2.05, 4.69) is 35.9 Å². The van der Waals surface area contributed by atoms with Crippen molar-refractivity contribution < 1.29 is 39.5 Å². The molecule has 1 amide bonds. The van der Waals surface area contributed by atoms with Gasteiger partial charge in [-0.05, 0) is 0 Å². The van der Waals surface area contributed by atoms with E-state index in [1.54, 1.807) is 7.05 Å². The molecular formula is C3H7N2NaO2S2. The number of hydrogen-bond donors (Lipinski definition) is 3. The van der Waals surface area contributed by atoms with Crippen LogP contribution >= 0.6 is 12.2 Å². The summed E-state index contributed by atoms with van der Waals surface area (Å²) in [5.41, 5.74) is 4.03. The molecule has 4 N–H and O–H groups in total. The molecule has 54 valence electrons. The van der Waals surface area contributed by atoms with Gasteiger partial charge >= 0.3 is 35.7 Å². The Morgan fingerprint density at radius 3 is 1.90 bits per heavy atom. The van der Waals surface area contributed by atoms with E-state index in [9.17, 15) is 0 Å². The second-order valence-electron chi connectivity index (χ2n) is 0.876. The van der Waals surface area contributed by atoms with E-state index in [-0.39, 0.29) is 29.6 Å². The summed E-state index contributed by atoms with van der Waals surface area (Å²) in [6, 6.07) is 0. The summed E-state index contributed by atoms with van der Waals surface area (Å²) in [5, 5.41) is 9.77. The third kappa shape index (κ3) is 80.6. The van der Waals surface area contributed by atoms with Crippen molar-refractivity contribution in [1.29, 1.82) is 0 Å². The molecule has 0 saturated carbocycles. The van der Waals surface area contributed by atoms with Crippen molar-refractivity contribution in [3.05, 3.63) is 0 Å². The molecule has 10 heavy (non-hydrogen) atoms. The van der Waals surface area contributed by atoms with Crippen LogP contribution in [0.4, 0.5) is 4.79 Å². The van der Waals surface area contributed by atoms with Gasteiger partial charge in [-0.25, -0.2) is 4.79 Å². The van der Waals surface area contributed by atoms with Crippen molar-refractivity contribution in [1.82, 2.24) is 5.32 Å². The fourth-order valence-electron chi connectivity index (χ4n) is 0. The molecule has 0 aliphatic carbocycles. The SMILES string of the molecule is CNC(=S)[S-].NC(=O)O.[Na+]. The summed E-state index contributed by atoms with van der Waals surface area (Å²) >= 11 is 8.80. The largest absolute Gasteiger partial charge is 1.00 e. The van der Waals surface area contributed by atoms with Gasteiger partial charge in [-0.1, -0.05) is 4.32 Å². The van der Waals surface area contributed by atoms with Crippen LogP contribution in [0, 0.1) is 0 Å². The maximum absolute atomic E-state index is 8.78. The molecule has 0 bridgehead atoms. The third-order valence-corrected chi connectivity index (χ3v) is 0.612. The zero-order chi connectivity index (χ0) is 7.86. The number of thiocarbonyl (C=S) groups is 1. The Labute approximate surface area is 92.2 Å². The number of nitrogens with two attached hydrogens (primary N) is 1. The number of nitrogens with one attached hydrogen (secondary N) is 1. The first kappa shape index (κ1) is 16.8. The third-order valence-electron chi connectivity index (χ3n) is 0.204. The summed E-state index contributed by atoms with van der Waals surface area (Å²) in [7, 11) is 1.70. The second-order valence-corrected chi connectivity index (χ2v) is 1.95. The van der Waals surface area contributed by atoms with Crippen LogP contribution in [0.3, 0.4) is 0 Å². The van der Waals surface area contributed by atoms with Crippen LogP contribution in [0.5, 0.6) is 0 Å². The quantitative estimate of drug-likeness (QED) is 0.211. The van der Waals surface area contributed by atoms with Crippen molar-refractivity contribution >= 4 is 35.3 Å². The van der Waals surface area contributed by atoms with Crippen molar-refractivity contribution in [3.8, 4) is 0 Å². The van der Waals surface area contributed by atoms with E-state index in [4.69, 9.17) is 9.90 Å². The Hall–Kier alpha value is 0.380. The second kappa shape index (κ2) is 12.1. The Bertz CT molecular complexity index is 107. The van der Waals surface area contributed by atoms with Gasteiger partial charge in [-0.15, -0.1) is 0 Å². The molecule has 0 aromatic rings. The van der Waals surface area contributed by atoms with Crippen molar-refractivity contribution in [2.24, 2.45) is 5.73 Å². The molecule has 0 aromatic heterocycles. The topological polar surface area (TPSA) is 75.3 Å². The molecule has 4 nitrogen and oxygen atoms in total. The normalized spacial score (nSPS) is 5.70. The van der Waals surface area contributed by atoms with E-state index >= 15 is 0 Å². The van der Waals surface area contributed by atoms with Gasteiger partial charge in [-0.2, -0.15) is 0 Å². The Balaban J connectivity index is -0.0000000910. The molecule has 0 aliphatic heterocycles. The van der Waals surface area contributed by atoms with Crippen LogP contribution in [-0.4, -0.2) is 22.6 Å². The molecular weight excluding hydrogens is 183 g/mol. The number of carbonyl (C=O) groups is 1. The predicted molar refractivity (Wildman–Crippen MR) is 41.2 cm³/mol. The minimum atomic E-state index is -1.33. The summed E-state index contributed by atoms with van der Waals surface area (Å²) in [6.07, 6.45) is -1.33.